The summed E-state index contributed by atoms with van der Waals surface area (Å²) in [4.78, 5) is 14.9. The quantitative estimate of drug-likeness (QED) is 0.897. The number of nitrogens with two attached hydrogens (primary N) is 1. The van der Waals surface area contributed by atoms with Crippen molar-refractivity contribution in [3.05, 3.63) is 35.6 Å². The summed E-state index contributed by atoms with van der Waals surface area (Å²) < 4.78 is 29.6. The Balaban J connectivity index is 2.07. The SMILES string of the molecule is C[C@@H]1CCCN(C(=O)c2oc3ccccc3c2CS(C)(=O)=O)[C@@H]1CN. The van der Waals surface area contributed by atoms with Crippen molar-refractivity contribution in [2.45, 2.75) is 31.6 Å². The van der Waals surface area contributed by atoms with E-state index in [1.807, 2.05) is 6.07 Å². The number of carbonyl (C=O) groups is 1. The molecule has 2 heterocycles. The standard InChI is InChI=1S/C18H24N2O4S/c1-12-6-5-9-20(15(12)10-19)18(21)17-14(11-25(2,22)23)13-7-3-4-8-16(13)24-17/h3-4,7-8,12,15H,5-6,9-11,19H2,1-2H3/t12-,15-/m1/s1. The lowest BCUT2D eigenvalue weighted by Crippen LogP contribution is -2.51. The third-order valence-electron chi connectivity index (χ3n) is 4.92. The molecule has 7 heteroatoms. The Bertz CT molecular complexity index is 888. The van der Waals surface area contributed by atoms with Crippen LogP contribution in [0.25, 0.3) is 11.0 Å². The van der Waals surface area contributed by atoms with E-state index in [2.05, 4.69) is 6.92 Å². The molecule has 0 bridgehead atoms. The Morgan fingerprint density at radius 1 is 1.36 bits per heavy atom. The molecule has 1 aromatic carbocycles. The third kappa shape index (κ3) is 3.57. The number of benzene rings is 1. The van der Waals surface area contributed by atoms with E-state index in [1.54, 1.807) is 23.1 Å². The van der Waals surface area contributed by atoms with Gasteiger partial charge in [-0.05, 0) is 24.8 Å². The molecule has 6 nitrogen and oxygen atoms in total. The molecule has 3 rings (SSSR count). The zero-order valence-corrected chi connectivity index (χ0v) is 15.4. The number of nitrogens with zero attached hydrogens (tertiary/aromatic N) is 1. The predicted molar refractivity (Wildman–Crippen MR) is 97.0 cm³/mol. The van der Waals surface area contributed by atoms with Crippen LogP contribution in [0.15, 0.2) is 28.7 Å². The van der Waals surface area contributed by atoms with E-state index >= 15 is 0 Å². The van der Waals surface area contributed by atoms with Crippen LogP contribution in [0.3, 0.4) is 0 Å². The number of hydrogen-bond donors (Lipinski definition) is 1. The van der Waals surface area contributed by atoms with Crippen LogP contribution >= 0.6 is 0 Å². The van der Waals surface area contributed by atoms with Crippen LogP contribution in [0.1, 0.15) is 35.9 Å². The van der Waals surface area contributed by atoms with Gasteiger partial charge in [-0.15, -0.1) is 0 Å². The lowest BCUT2D eigenvalue weighted by molar-refractivity contribution is 0.0502. The van der Waals surface area contributed by atoms with E-state index in [1.165, 1.54) is 0 Å². The summed E-state index contributed by atoms with van der Waals surface area (Å²) >= 11 is 0. The van der Waals surface area contributed by atoms with Crippen molar-refractivity contribution in [2.24, 2.45) is 11.7 Å². The van der Waals surface area contributed by atoms with Crippen molar-refractivity contribution < 1.29 is 17.6 Å². The Kier molecular flexibility index (Phi) is 4.88. The van der Waals surface area contributed by atoms with E-state index in [9.17, 15) is 13.2 Å². The molecule has 25 heavy (non-hydrogen) atoms. The summed E-state index contributed by atoms with van der Waals surface area (Å²) in [6, 6.07) is 7.09. The molecule has 0 spiro atoms. The van der Waals surface area contributed by atoms with Crippen molar-refractivity contribution in [1.82, 2.24) is 4.90 Å². The van der Waals surface area contributed by atoms with Crippen molar-refractivity contribution >= 4 is 26.7 Å². The summed E-state index contributed by atoms with van der Waals surface area (Å²) in [6.45, 7) is 3.09. The van der Waals surface area contributed by atoms with Crippen LogP contribution < -0.4 is 5.73 Å². The van der Waals surface area contributed by atoms with Gasteiger partial charge < -0.3 is 15.1 Å². The number of piperidine rings is 1. The van der Waals surface area contributed by atoms with Gasteiger partial charge in [-0.25, -0.2) is 8.42 Å². The van der Waals surface area contributed by atoms with Gasteiger partial charge >= 0.3 is 0 Å². The first-order valence-corrected chi connectivity index (χ1v) is 10.6. The van der Waals surface area contributed by atoms with Crippen LogP contribution in [-0.2, 0) is 15.6 Å². The average Bonchev–Trinajstić information content (AvgIpc) is 2.91. The number of hydrogen-bond acceptors (Lipinski definition) is 5. The van der Waals surface area contributed by atoms with Gasteiger partial charge in [0.15, 0.2) is 15.6 Å². The molecule has 2 N–H and O–H groups in total. The van der Waals surface area contributed by atoms with E-state index in [-0.39, 0.29) is 23.5 Å². The Morgan fingerprint density at radius 2 is 2.08 bits per heavy atom. The Hall–Kier alpha value is -1.86. The first-order chi connectivity index (χ1) is 11.8. The molecule has 1 aliphatic rings. The molecule has 0 radical (unpaired) electrons. The minimum absolute atomic E-state index is 0.0551. The highest BCUT2D eigenvalue weighted by molar-refractivity contribution is 7.89. The van der Waals surface area contributed by atoms with Crippen LogP contribution in [0.2, 0.25) is 0 Å². The number of carbonyl (C=O) groups excluding carboxylic acids is 1. The van der Waals surface area contributed by atoms with E-state index in [4.69, 9.17) is 10.2 Å². The first-order valence-electron chi connectivity index (χ1n) is 8.51. The topological polar surface area (TPSA) is 93.6 Å². The van der Waals surface area contributed by atoms with Crippen LogP contribution in [0, 0.1) is 5.92 Å². The summed E-state index contributed by atoms with van der Waals surface area (Å²) in [5, 5.41) is 0.672. The van der Waals surface area contributed by atoms with Gasteiger partial charge in [-0.1, -0.05) is 25.1 Å². The molecule has 1 saturated heterocycles. The molecule has 1 amide bonds. The minimum Gasteiger partial charge on any atom is -0.451 e. The van der Waals surface area contributed by atoms with Crippen molar-refractivity contribution in [2.75, 3.05) is 19.3 Å². The third-order valence-corrected chi connectivity index (χ3v) is 5.73. The van der Waals surface area contributed by atoms with Crippen molar-refractivity contribution in [3.63, 3.8) is 0 Å². The molecule has 136 valence electrons. The Labute approximate surface area is 147 Å². The highest BCUT2D eigenvalue weighted by atomic mass is 32.2. The highest BCUT2D eigenvalue weighted by Gasteiger charge is 2.34. The highest BCUT2D eigenvalue weighted by Crippen LogP contribution is 2.31. The number of amides is 1. The zero-order valence-electron chi connectivity index (χ0n) is 14.6. The number of para-hydroxylation sites is 1. The smallest absolute Gasteiger partial charge is 0.290 e. The van der Waals surface area contributed by atoms with Gasteiger partial charge in [-0.3, -0.25) is 4.79 Å². The fourth-order valence-corrected chi connectivity index (χ4v) is 4.48. The lowest BCUT2D eigenvalue weighted by Gasteiger charge is -2.39. The van der Waals surface area contributed by atoms with E-state index < -0.39 is 9.84 Å². The average molecular weight is 364 g/mol. The van der Waals surface area contributed by atoms with E-state index in [0.717, 1.165) is 19.1 Å². The summed E-state index contributed by atoms with van der Waals surface area (Å²) in [6.07, 6.45) is 3.10. The normalized spacial score (nSPS) is 21.6. The largest absolute Gasteiger partial charge is 0.451 e. The van der Waals surface area contributed by atoms with Gasteiger partial charge in [0.25, 0.3) is 5.91 Å². The van der Waals surface area contributed by atoms with E-state index in [0.29, 0.717) is 35.5 Å². The lowest BCUT2D eigenvalue weighted by atomic mass is 9.90. The molecule has 2 aromatic rings. The molecule has 0 saturated carbocycles. The first kappa shape index (κ1) is 17.9. The molecule has 1 aliphatic heterocycles. The molecule has 2 atom stereocenters. The fourth-order valence-electron chi connectivity index (χ4n) is 3.67. The molecular weight excluding hydrogens is 340 g/mol. The second-order valence-corrected chi connectivity index (χ2v) is 9.04. The second kappa shape index (κ2) is 6.80. The van der Waals surface area contributed by atoms with Gasteiger partial charge in [0.2, 0.25) is 0 Å². The fraction of sp³-hybridized carbons (Fsp3) is 0.500. The second-order valence-electron chi connectivity index (χ2n) is 6.90. The maximum atomic E-state index is 13.2. The molecule has 0 aliphatic carbocycles. The molecule has 1 aromatic heterocycles. The van der Waals surface area contributed by atoms with Crippen molar-refractivity contribution in [1.29, 1.82) is 0 Å². The number of likely N-dealkylation sites (tertiary alicyclic amines) is 1. The minimum atomic E-state index is -3.31. The van der Waals surface area contributed by atoms with Gasteiger partial charge in [0, 0.05) is 36.3 Å². The number of rotatable bonds is 4. The van der Waals surface area contributed by atoms with Crippen molar-refractivity contribution in [3.8, 4) is 0 Å². The number of furan rings is 1. The van der Waals surface area contributed by atoms with Crippen LogP contribution in [0.4, 0.5) is 0 Å². The number of sulfone groups is 1. The summed E-state index contributed by atoms with van der Waals surface area (Å²) in [7, 11) is -3.31. The predicted octanol–water partition coefficient (Wildman–Crippen LogP) is 2.18. The van der Waals surface area contributed by atoms with Gasteiger partial charge in [0.05, 0.1) is 5.75 Å². The summed E-state index contributed by atoms with van der Waals surface area (Å²) in [5.74, 6) is -0.0524. The molecule has 0 unspecified atom stereocenters. The Morgan fingerprint density at radius 3 is 2.76 bits per heavy atom. The monoisotopic (exact) mass is 364 g/mol. The zero-order chi connectivity index (χ0) is 18.2. The summed E-state index contributed by atoms with van der Waals surface area (Å²) in [5.41, 5.74) is 6.86. The molecular formula is C18H24N2O4S. The van der Waals surface area contributed by atoms with Crippen LogP contribution in [0.5, 0.6) is 0 Å². The van der Waals surface area contributed by atoms with Gasteiger partial charge in [0.1, 0.15) is 5.58 Å². The number of fused-ring (bicyclic) bond motifs is 1. The van der Waals surface area contributed by atoms with Gasteiger partial charge in [-0.2, -0.15) is 0 Å². The molecule has 1 fully saturated rings. The maximum Gasteiger partial charge on any atom is 0.290 e. The maximum absolute atomic E-state index is 13.2. The van der Waals surface area contributed by atoms with Crippen LogP contribution in [-0.4, -0.2) is 44.6 Å².